The molecule has 0 radical (unpaired) electrons. The second-order valence-electron chi connectivity index (χ2n) is 6.86. The van der Waals surface area contributed by atoms with E-state index >= 15 is 0 Å². The molecule has 4 nitrogen and oxygen atoms in total. The van der Waals surface area contributed by atoms with Crippen LogP contribution in [0.1, 0.15) is 52.4 Å². The zero-order valence-corrected chi connectivity index (χ0v) is 11.2. The molecular weight excluding hydrogens is 228 g/mol. The molecule has 1 heterocycles. The zero-order chi connectivity index (χ0) is 12.9. The van der Waals surface area contributed by atoms with Crippen LogP contribution in [0.15, 0.2) is 0 Å². The fraction of sp³-hybridized carbons (Fsp3) is 0.857. The van der Waals surface area contributed by atoms with E-state index in [2.05, 4.69) is 19.2 Å². The SMILES string of the molecule is CC1(C)CCC(NC2CC(=O)N(C3CC3)C2=O)C1. The van der Waals surface area contributed by atoms with Gasteiger partial charge in [-0.15, -0.1) is 0 Å². The van der Waals surface area contributed by atoms with Crippen molar-refractivity contribution < 1.29 is 9.59 Å². The average Bonchev–Trinajstić information content (AvgIpc) is 2.98. The molecule has 0 bridgehead atoms. The van der Waals surface area contributed by atoms with E-state index in [1.807, 2.05) is 0 Å². The predicted molar refractivity (Wildman–Crippen MR) is 67.8 cm³/mol. The molecule has 2 amide bonds. The second kappa shape index (κ2) is 4.05. The summed E-state index contributed by atoms with van der Waals surface area (Å²) in [6.45, 7) is 4.54. The molecule has 2 saturated carbocycles. The zero-order valence-electron chi connectivity index (χ0n) is 11.2. The van der Waals surface area contributed by atoms with Crippen LogP contribution in [0.4, 0.5) is 0 Å². The van der Waals surface area contributed by atoms with E-state index in [4.69, 9.17) is 0 Å². The third-order valence-electron chi connectivity index (χ3n) is 4.50. The van der Waals surface area contributed by atoms with Crippen molar-refractivity contribution >= 4 is 11.8 Å². The van der Waals surface area contributed by atoms with Gasteiger partial charge in [0, 0.05) is 12.1 Å². The molecule has 0 aromatic carbocycles. The first-order valence-electron chi connectivity index (χ1n) is 7.08. The van der Waals surface area contributed by atoms with E-state index in [1.165, 1.54) is 11.3 Å². The normalized spacial score (nSPS) is 35.6. The fourth-order valence-corrected chi connectivity index (χ4v) is 3.36. The number of likely N-dealkylation sites (tertiary alicyclic amines) is 1. The van der Waals surface area contributed by atoms with Gasteiger partial charge in [0.15, 0.2) is 0 Å². The lowest BCUT2D eigenvalue weighted by Gasteiger charge is -2.20. The van der Waals surface area contributed by atoms with Crippen molar-refractivity contribution in [3.05, 3.63) is 0 Å². The first-order chi connectivity index (χ1) is 8.46. The molecule has 1 saturated heterocycles. The first-order valence-corrected chi connectivity index (χ1v) is 7.08. The molecular formula is C14H22N2O2. The smallest absolute Gasteiger partial charge is 0.247 e. The molecule has 2 atom stereocenters. The largest absolute Gasteiger partial charge is 0.303 e. The van der Waals surface area contributed by atoms with Crippen molar-refractivity contribution in [2.24, 2.45) is 5.41 Å². The Kier molecular flexibility index (Phi) is 2.73. The number of amides is 2. The third kappa shape index (κ3) is 2.18. The van der Waals surface area contributed by atoms with Crippen LogP contribution in [-0.2, 0) is 9.59 Å². The minimum Gasteiger partial charge on any atom is -0.303 e. The highest BCUT2D eigenvalue weighted by atomic mass is 16.2. The molecule has 2 unspecified atom stereocenters. The molecule has 100 valence electrons. The molecule has 3 fully saturated rings. The van der Waals surface area contributed by atoms with Crippen molar-refractivity contribution in [3.8, 4) is 0 Å². The number of carbonyl (C=O) groups excluding carboxylic acids is 2. The van der Waals surface area contributed by atoms with Crippen LogP contribution in [0.5, 0.6) is 0 Å². The lowest BCUT2D eigenvalue weighted by Crippen LogP contribution is -2.43. The van der Waals surface area contributed by atoms with E-state index in [0.717, 1.165) is 25.7 Å². The Bertz CT molecular complexity index is 387. The molecule has 3 rings (SSSR count). The number of nitrogens with zero attached hydrogens (tertiary/aromatic N) is 1. The molecule has 0 spiro atoms. The summed E-state index contributed by atoms with van der Waals surface area (Å²) in [6, 6.07) is 0.370. The molecule has 3 aliphatic rings. The number of carbonyl (C=O) groups is 2. The molecule has 18 heavy (non-hydrogen) atoms. The standard InChI is InChI=1S/C14H22N2O2/c1-14(2)6-5-9(8-14)15-11-7-12(17)16(13(11)18)10-3-4-10/h9-11,15H,3-8H2,1-2H3. The highest BCUT2D eigenvalue weighted by molar-refractivity contribution is 6.06. The number of imide groups is 1. The number of hydrogen-bond acceptors (Lipinski definition) is 3. The van der Waals surface area contributed by atoms with E-state index in [0.29, 0.717) is 17.9 Å². The van der Waals surface area contributed by atoms with Crippen LogP contribution < -0.4 is 5.32 Å². The van der Waals surface area contributed by atoms with Gasteiger partial charge in [0.1, 0.15) is 0 Å². The third-order valence-corrected chi connectivity index (χ3v) is 4.50. The van der Waals surface area contributed by atoms with Gasteiger partial charge < -0.3 is 5.32 Å². The summed E-state index contributed by atoms with van der Waals surface area (Å²) < 4.78 is 0. The van der Waals surface area contributed by atoms with Crippen molar-refractivity contribution in [3.63, 3.8) is 0 Å². The fourth-order valence-electron chi connectivity index (χ4n) is 3.36. The van der Waals surface area contributed by atoms with Crippen LogP contribution in [0.25, 0.3) is 0 Å². The maximum Gasteiger partial charge on any atom is 0.247 e. The summed E-state index contributed by atoms with van der Waals surface area (Å²) in [5.41, 5.74) is 0.375. The molecule has 1 N–H and O–H groups in total. The van der Waals surface area contributed by atoms with E-state index < -0.39 is 0 Å². The molecule has 0 aromatic rings. The molecule has 2 aliphatic carbocycles. The molecule has 4 heteroatoms. The maximum atomic E-state index is 12.2. The summed E-state index contributed by atoms with van der Waals surface area (Å²) in [7, 11) is 0. The van der Waals surface area contributed by atoms with E-state index in [1.54, 1.807) is 0 Å². The van der Waals surface area contributed by atoms with Crippen LogP contribution in [0, 0.1) is 5.41 Å². The van der Waals surface area contributed by atoms with Crippen molar-refractivity contribution in [1.82, 2.24) is 10.2 Å². The Morgan fingerprint density at radius 3 is 2.50 bits per heavy atom. The Morgan fingerprint density at radius 1 is 1.22 bits per heavy atom. The first kappa shape index (κ1) is 12.2. The van der Waals surface area contributed by atoms with Crippen LogP contribution in [-0.4, -0.2) is 34.8 Å². The molecule has 1 aliphatic heterocycles. The Hall–Kier alpha value is -0.900. The number of nitrogens with one attached hydrogen (secondary N) is 1. The van der Waals surface area contributed by atoms with E-state index in [9.17, 15) is 9.59 Å². The maximum absolute atomic E-state index is 12.2. The number of rotatable bonds is 3. The van der Waals surface area contributed by atoms with Gasteiger partial charge in [0.2, 0.25) is 11.8 Å². The quantitative estimate of drug-likeness (QED) is 0.771. The van der Waals surface area contributed by atoms with Gasteiger partial charge in [-0.2, -0.15) is 0 Å². The topological polar surface area (TPSA) is 49.4 Å². The lowest BCUT2D eigenvalue weighted by molar-refractivity contribution is -0.139. The van der Waals surface area contributed by atoms with Gasteiger partial charge in [-0.3, -0.25) is 14.5 Å². The average molecular weight is 250 g/mol. The summed E-state index contributed by atoms with van der Waals surface area (Å²) in [6.07, 6.45) is 5.79. The van der Waals surface area contributed by atoms with Crippen molar-refractivity contribution in [1.29, 1.82) is 0 Å². The van der Waals surface area contributed by atoms with Crippen molar-refractivity contribution in [2.45, 2.75) is 70.5 Å². The Labute approximate surface area is 108 Å². The minimum absolute atomic E-state index is 0.0206. The second-order valence-corrected chi connectivity index (χ2v) is 6.86. The minimum atomic E-state index is -0.253. The van der Waals surface area contributed by atoms with Gasteiger partial charge in [0.05, 0.1) is 12.5 Å². The van der Waals surface area contributed by atoms with Crippen LogP contribution in [0.2, 0.25) is 0 Å². The Balaban J connectivity index is 1.61. The molecule has 0 aromatic heterocycles. The lowest BCUT2D eigenvalue weighted by atomic mass is 9.92. The van der Waals surface area contributed by atoms with Crippen LogP contribution >= 0.6 is 0 Å². The summed E-state index contributed by atoms with van der Waals surface area (Å²) >= 11 is 0. The summed E-state index contributed by atoms with van der Waals surface area (Å²) in [5.74, 6) is 0.0458. The van der Waals surface area contributed by atoms with Gasteiger partial charge in [-0.05, 0) is 37.5 Å². The van der Waals surface area contributed by atoms with Crippen LogP contribution in [0.3, 0.4) is 0 Å². The van der Waals surface area contributed by atoms with Gasteiger partial charge in [0.25, 0.3) is 0 Å². The highest BCUT2D eigenvalue weighted by Gasteiger charge is 2.47. The summed E-state index contributed by atoms with van der Waals surface area (Å²) in [5, 5.41) is 3.41. The summed E-state index contributed by atoms with van der Waals surface area (Å²) in [4.78, 5) is 25.5. The highest BCUT2D eigenvalue weighted by Crippen LogP contribution is 2.38. The Morgan fingerprint density at radius 2 is 1.94 bits per heavy atom. The van der Waals surface area contributed by atoms with Gasteiger partial charge >= 0.3 is 0 Å². The van der Waals surface area contributed by atoms with Gasteiger partial charge in [-0.1, -0.05) is 13.8 Å². The predicted octanol–water partition coefficient (Wildman–Crippen LogP) is 1.44. The van der Waals surface area contributed by atoms with Crippen molar-refractivity contribution in [2.75, 3.05) is 0 Å². The number of hydrogen-bond donors (Lipinski definition) is 1. The van der Waals surface area contributed by atoms with E-state index in [-0.39, 0.29) is 23.9 Å². The monoisotopic (exact) mass is 250 g/mol. The van der Waals surface area contributed by atoms with Gasteiger partial charge in [-0.25, -0.2) is 0 Å².